The van der Waals surface area contributed by atoms with Crippen molar-refractivity contribution in [3.8, 4) is 0 Å². The molecule has 5 nitrogen and oxygen atoms in total. The molecule has 0 atom stereocenters. The summed E-state index contributed by atoms with van der Waals surface area (Å²) in [6, 6.07) is 5.96. The molecule has 3 aromatic rings. The molecule has 1 saturated carbocycles. The number of fused-ring (bicyclic) bond motifs is 1. The number of rotatable bonds is 5. The number of carbonyl (C=O) groups is 1. The quantitative estimate of drug-likeness (QED) is 0.737. The van der Waals surface area contributed by atoms with Crippen molar-refractivity contribution in [1.82, 2.24) is 19.7 Å². The molecule has 3 aromatic heterocycles. The molecule has 0 bridgehead atoms. The van der Waals surface area contributed by atoms with E-state index in [1.54, 1.807) is 11.3 Å². The summed E-state index contributed by atoms with van der Waals surface area (Å²) in [5, 5.41) is 6.12. The van der Waals surface area contributed by atoms with Crippen LogP contribution in [0.3, 0.4) is 0 Å². The normalized spacial score (nSPS) is 15.4. The average Bonchev–Trinajstić information content (AvgIpc) is 3.26. The van der Waals surface area contributed by atoms with Gasteiger partial charge in [-0.2, -0.15) is 0 Å². The molecule has 1 N–H and O–H groups in total. The Morgan fingerprint density at radius 3 is 2.88 bits per heavy atom. The van der Waals surface area contributed by atoms with E-state index in [9.17, 15) is 4.79 Å². The van der Waals surface area contributed by atoms with Gasteiger partial charge in [0.1, 0.15) is 5.82 Å². The smallest absolute Gasteiger partial charge is 0.272 e. The molecule has 136 valence electrons. The number of nitrogens with one attached hydrogen (secondary N) is 1. The largest absolute Gasteiger partial charge is 0.350 e. The van der Waals surface area contributed by atoms with Gasteiger partial charge < -0.3 is 9.72 Å². The third kappa shape index (κ3) is 3.51. The molecule has 1 amide bonds. The molecule has 0 saturated heterocycles. The van der Waals surface area contributed by atoms with Crippen molar-refractivity contribution in [2.45, 2.75) is 51.4 Å². The number of aromatic nitrogens is 3. The first-order valence-corrected chi connectivity index (χ1v) is 10.3. The average molecular weight is 369 g/mol. The lowest BCUT2D eigenvalue weighted by atomic mass is 9.89. The van der Waals surface area contributed by atoms with Gasteiger partial charge in [0.15, 0.2) is 5.69 Å². The van der Waals surface area contributed by atoms with Gasteiger partial charge in [-0.05, 0) is 31.9 Å². The molecule has 0 unspecified atom stereocenters. The van der Waals surface area contributed by atoms with Crippen LogP contribution < -0.4 is 5.32 Å². The van der Waals surface area contributed by atoms with E-state index in [0.717, 1.165) is 41.3 Å². The van der Waals surface area contributed by atoms with Crippen LogP contribution in [0.1, 0.15) is 65.0 Å². The molecule has 1 fully saturated rings. The number of carbonyl (C=O) groups excluding carboxylic acids is 1. The second kappa shape index (κ2) is 7.58. The monoisotopic (exact) mass is 368 g/mol. The summed E-state index contributed by atoms with van der Waals surface area (Å²) in [5.41, 5.74) is 2.47. The molecule has 0 spiro atoms. The van der Waals surface area contributed by atoms with Crippen molar-refractivity contribution in [2.75, 3.05) is 6.54 Å². The van der Waals surface area contributed by atoms with E-state index in [4.69, 9.17) is 4.98 Å². The minimum Gasteiger partial charge on any atom is -0.350 e. The lowest BCUT2D eigenvalue weighted by Crippen LogP contribution is -2.26. The molecule has 4 rings (SSSR count). The van der Waals surface area contributed by atoms with Gasteiger partial charge in [-0.15, -0.1) is 11.3 Å². The topological polar surface area (TPSA) is 59.3 Å². The highest BCUT2D eigenvalue weighted by molar-refractivity contribution is 7.09. The fourth-order valence-corrected chi connectivity index (χ4v) is 4.44. The van der Waals surface area contributed by atoms with Gasteiger partial charge in [-0.1, -0.05) is 25.3 Å². The predicted octanol–water partition coefficient (Wildman–Crippen LogP) is 4.12. The van der Waals surface area contributed by atoms with Crippen molar-refractivity contribution in [2.24, 2.45) is 0 Å². The van der Waals surface area contributed by atoms with Crippen molar-refractivity contribution >= 4 is 22.8 Å². The zero-order chi connectivity index (χ0) is 17.9. The maximum atomic E-state index is 12.7. The summed E-state index contributed by atoms with van der Waals surface area (Å²) in [6.45, 7) is 2.57. The molecule has 26 heavy (non-hydrogen) atoms. The van der Waals surface area contributed by atoms with Crippen molar-refractivity contribution in [3.05, 3.63) is 52.0 Å². The fraction of sp³-hybridized carbons (Fsp3) is 0.450. The number of thiazole rings is 1. The predicted molar refractivity (Wildman–Crippen MR) is 104 cm³/mol. The highest BCUT2D eigenvalue weighted by atomic mass is 32.1. The minimum atomic E-state index is -0.0947. The second-order valence-corrected chi connectivity index (χ2v) is 8.04. The Kier molecular flexibility index (Phi) is 5.02. The zero-order valence-corrected chi connectivity index (χ0v) is 15.9. The van der Waals surface area contributed by atoms with Crippen LogP contribution in [0.2, 0.25) is 0 Å². The fourth-order valence-electron chi connectivity index (χ4n) is 3.79. The van der Waals surface area contributed by atoms with E-state index in [-0.39, 0.29) is 5.91 Å². The van der Waals surface area contributed by atoms with Crippen LogP contribution in [-0.4, -0.2) is 26.8 Å². The number of hydrogen-bond donors (Lipinski definition) is 1. The Balaban J connectivity index is 1.52. The molecular weight excluding hydrogens is 344 g/mol. The Morgan fingerprint density at radius 2 is 2.12 bits per heavy atom. The van der Waals surface area contributed by atoms with E-state index >= 15 is 0 Å². The molecule has 3 heterocycles. The van der Waals surface area contributed by atoms with Gasteiger partial charge in [0.2, 0.25) is 0 Å². The number of pyridine rings is 1. The van der Waals surface area contributed by atoms with Crippen molar-refractivity contribution in [1.29, 1.82) is 0 Å². The Labute approximate surface area is 157 Å². The zero-order valence-electron chi connectivity index (χ0n) is 15.1. The third-order valence-electron chi connectivity index (χ3n) is 5.09. The van der Waals surface area contributed by atoms with E-state index in [2.05, 4.69) is 20.1 Å². The summed E-state index contributed by atoms with van der Waals surface area (Å²) < 4.78 is 2.11. The lowest BCUT2D eigenvalue weighted by molar-refractivity contribution is 0.0951. The first-order valence-electron chi connectivity index (χ1n) is 9.38. The van der Waals surface area contributed by atoms with E-state index in [1.807, 2.05) is 31.3 Å². The van der Waals surface area contributed by atoms with Crippen LogP contribution in [0.15, 0.2) is 29.8 Å². The van der Waals surface area contributed by atoms with Crippen LogP contribution in [0, 0.1) is 6.92 Å². The molecular formula is C20H24N4OS. The van der Waals surface area contributed by atoms with Gasteiger partial charge in [0, 0.05) is 30.5 Å². The molecule has 0 aliphatic heterocycles. The van der Waals surface area contributed by atoms with E-state index in [1.165, 1.54) is 19.3 Å². The van der Waals surface area contributed by atoms with E-state index in [0.29, 0.717) is 18.2 Å². The van der Waals surface area contributed by atoms with Crippen molar-refractivity contribution in [3.63, 3.8) is 0 Å². The highest BCUT2D eigenvalue weighted by Crippen LogP contribution is 2.33. The molecule has 6 heteroatoms. The lowest BCUT2D eigenvalue weighted by Gasteiger charge is -2.20. The Morgan fingerprint density at radius 1 is 1.27 bits per heavy atom. The maximum absolute atomic E-state index is 12.7. The summed E-state index contributed by atoms with van der Waals surface area (Å²) in [4.78, 5) is 22.0. The molecule has 1 aliphatic carbocycles. The molecule has 0 aromatic carbocycles. The molecule has 0 radical (unpaired) electrons. The SMILES string of the molecule is Cc1nc(CCNC(=O)c2nc(C3CCCCC3)n3ccccc23)cs1. The van der Waals surface area contributed by atoms with Crippen LogP contribution in [0.5, 0.6) is 0 Å². The number of imidazole rings is 1. The number of nitrogens with zero attached hydrogens (tertiary/aromatic N) is 3. The second-order valence-electron chi connectivity index (χ2n) is 6.97. The van der Waals surface area contributed by atoms with Gasteiger partial charge in [-0.3, -0.25) is 4.79 Å². The van der Waals surface area contributed by atoms with Gasteiger partial charge >= 0.3 is 0 Å². The Bertz CT molecular complexity index is 908. The van der Waals surface area contributed by atoms with Gasteiger partial charge in [0.05, 0.1) is 16.2 Å². The summed E-state index contributed by atoms with van der Waals surface area (Å²) in [7, 11) is 0. The van der Waals surface area contributed by atoms with Crippen LogP contribution >= 0.6 is 11.3 Å². The summed E-state index contributed by atoms with van der Waals surface area (Å²) in [5.74, 6) is 1.40. The first-order chi connectivity index (χ1) is 12.7. The van der Waals surface area contributed by atoms with Crippen LogP contribution in [0.25, 0.3) is 5.52 Å². The van der Waals surface area contributed by atoms with Crippen molar-refractivity contribution < 1.29 is 4.79 Å². The van der Waals surface area contributed by atoms with Crippen LogP contribution in [0.4, 0.5) is 0 Å². The number of hydrogen-bond acceptors (Lipinski definition) is 4. The number of aryl methyl sites for hydroxylation is 1. The standard InChI is InChI=1S/C20H24N4OS/c1-14-22-16(13-26-14)10-11-21-20(25)18-17-9-5-6-12-24(17)19(23-18)15-7-3-2-4-8-15/h5-6,9,12-13,15H,2-4,7-8,10-11H2,1H3,(H,21,25). The first kappa shape index (κ1) is 17.2. The van der Waals surface area contributed by atoms with E-state index < -0.39 is 0 Å². The van der Waals surface area contributed by atoms with Crippen LogP contribution in [-0.2, 0) is 6.42 Å². The third-order valence-corrected chi connectivity index (χ3v) is 5.92. The highest BCUT2D eigenvalue weighted by Gasteiger charge is 2.24. The van der Waals surface area contributed by atoms with Gasteiger partial charge in [0.25, 0.3) is 5.91 Å². The van der Waals surface area contributed by atoms with Gasteiger partial charge in [-0.25, -0.2) is 9.97 Å². The Hall–Kier alpha value is -2.21. The molecule has 1 aliphatic rings. The maximum Gasteiger partial charge on any atom is 0.272 e. The minimum absolute atomic E-state index is 0.0947. The summed E-state index contributed by atoms with van der Waals surface area (Å²) >= 11 is 1.64. The number of amides is 1. The summed E-state index contributed by atoms with van der Waals surface area (Å²) in [6.07, 6.45) is 8.92.